The number of nitrogens with one attached hydrogen (secondary N) is 2. The van der Waals surface area contributed by atoms with E-state index in [1.54, 1.807) is 51.5 Å². The fraction of sp³-hybridized carbons (Fsp3) is 0.302. The maximum absolute atomic E-state index is 13.8. The number of rotatable bonds is 12. The number of aliphatic hydroxyl groups excluding tert-OH is 1. The van der Waals surface area contributed by atoms with Crippen LogP contribution in [0.2, 0.25) is 0 Å². The molecule has 290 valence electrons. The van der Waals surface area contributed by atoms with Gasteiger partial charge < -0.3 is 39.6 Å². The Morgan fingerprint density at radius 3 is 2.00 bits per heavy atom. The number of carbonyl (C=O) groups is 2. The first-order chi connectivity index (χ1) is 27.0. The van der Waals surface area contributed by atoms with Crippen LogP contribution < -0.4 is 25.8 Å². The van der Waals surface area contributed by atoms with Gasteiger partial charge in [-0.1, -0.05) is 72.8 Å². The number of anilines is 1. The molecule has 3 N–H and O–H groups in total. The van der Waals surface area contributed by atoms with Crippen molar-refractivity contribution >= 4 is 17.8 Å². The van der Waals surface area contributed by atoms with Gasteiger partial charge in [-0.3, -0.25) is 9.36 Å². The molecular formula is C43H45N5O8. The first-order valence-electron chi connectivity index (χ1n) is 18.4. The van der Waals surface area contributed by atoms with Crippen molar-refractivity contribution in [1.29, 1.82) is 0 Å². The van der Waals surface area contributed by atoms with Crippen molar-refractivity contribution in [3.05, 3.63) is 154 Å². The second kappa shape index (κ2) is 15.6. The van der Waals surface area contributed by atoms with Crippen molar-refractivity contribution in [3.63, 3.8) is 0 Å². The Morgan fingerprint density at radius 1 is 0.893 bits per heavy atom. The van der Waals surface area contributed by atoms with Gasteiger partial charge in [0, 0.05) is 23.4 Å². The predicted octanol–water partition coefficient (Wildman–Crippen LogP) is 5.26. The second-order valence-electron chi connectivity index (χ2n) is 14.3. The number of morpholine rings is 1. The van der Waals surface area contributed by atoms with Gasteiger partial charge in [0.2, 0.25) is 0 Å². The lowest BCUT2D eigenvalue weighted by Gasteiger charge is -2.41. The molecule has 0 unspecified atom stereocenters. The molecule has 1 aromatic heterocycles. The van der Waals surface area contributed by atoms with E-state index in [0.717, 1.165) is 16.7 Å². The number of methoxy groups -OCH3 is 2. The Morgan fingerprint density at radius 2 is 1.45 bits per heavy atom. The number of urea groups is 1. The Labute approximate surface area is 324 Å². The van der Waals surface area contributed by atoms with Crippen LogP contribution in [0.1, 0.15) is 52.7 Å². The van der Waals surface area contributed by atoms with Gasteiger partial charge >= 0.3 is 11.7 Å². The third-order valence-corrected chi connectivity index (χ3v) is 10.4. The zero-order valence-electron chi connectivity index (χ0n) is 31.8. The van der Waals surface area contributed by atoms with E-state index >= 15 is 0 Å². The van der Waals surface area contributed by atoms with E-state index in [9.17, 15) is 19.5 Å². The van der Waals surface area contributed by atoms with E-state index in [2.05, 4.69) is 15.6 Å². The highest BCUT2D eigenvalue weighted by Crippen LogP contribution is 2.49. The summed E-state index contributed by atoms with van der Waals surface area (Å²) in [4.78, 5) is 46.2. The van der Waals surface area contributed by atoms with E-state index in [4.69, 9.17) is 18.9 Å². The van der Waals surface area contributed by atoms with Gasteiger partial charge in [0.15, 0.2) is 6.23 Å². The molecule has 2 fully saturated rings. The fourth-order valence-corrected chi connectivity index (χ4v) is 7.57. The molecule has 7 rings (SSSR count). The molecule has 3 heterocycles. The second-order valence-corrected chi connectivity index (χ2v) is 14.3. The third-order valence-electron chi connectivity index (χ3n) is 10.4. The van der Waals surface area contributed by atoms with Crippen molar-refractivity contribution in [2.75, 3.05) is 32.7 Å². The number of aryl methyl sites for hydroxylation is 1. The predicted molar refractivity (Wildman–Crippen MR) is 209 cm³/mol. The van der Waals surface area contributed by atoms with Crippen LogP contribution in [0.4, 0.5) is 10.6 Å². The third kappa shape index (κ3) is 7.00. The molecule has 13 nitrogen and oxygen atoms in total. The van der Waals surface area contributed by atoms with Crippen LogP contribution >= 0.6 is 0 Å². The highest BCUT2D eigenvalue weighted by Gasteiger charge is 2.66. The number of carbonyl (C=O) groups excluding carboxylic acids is 2. The summed E-state index contributed by atoms with van der Waals surface area (Å²) in [6.07, 6.45) is -0.911. The quantitative estimate of drug-likeness (QED) is 0.145. The highest BCUT2D eigenvalue weighted by molar-refractivity contribution is 6.04. The summed E-state index contributed by atoms with van der Waals surface area (Å²) in [5.74, 6) is 0.981. The number of ether oxygens (including phenoxy) is 4. The molecule has 5 aromatic rings. The first-order valence-corrected chi connectivity index (χ1v) is 18.4. The molecule has 0 radical (unpaired) electrons. The average Bonchev–Trinajstić information content (AvgIpc) is 3.66. The Balaban J connectivity index is 1.29. The molecule has 0 spiro atoms. The van der Waals surface area contributed by atoms with Crippen LogP contribution in [-0.2, 0) is 15.1 Å². The Bertz CT molecular complexity index is 2180. The molecule has 0 aliphatic carbocycles. The SMILES string of the molecule is COc1ccc(C(OC[C@@]23CN(C(=O)NC(C)C)[C@@H]([C@H](n4cc(C)c(NC(=O)c5ccccc5)nc4=O)O2)[C@@H]3O)(c2ccccc2)c2ccc(OC)cc2)cc1. The summed E-state index contributed by atoms with van der Waals surface area (Å²) < 4.78 is 26.2. The standard InChI is InChI=1S/C43H45N5O8/c1-27(2)44-40(51)48-25-42(36(49)35(48)39(56-42)47-24-28(3)37(46-41(47)52)45-38(50)29-12-8-6-9-13-29)26-55-43(30-14-10-7-11-15-30,31-16-20-33(53-4)21-17-31)32-18-22-34(54-5)23-19-32/h6-24,27,35-36,39,49H,25-26H2,1-5H3,(H,44,51)(H,45,46,50,52)/t35-,36+,39-,42-/m1/s1. The summed E-state index contributed by atoms with van der Waals surface area (Å²) >= 11 is 0. The highest BCUT2D eigenvalue weighted by atomic mass is 16.6. The minimum absolute atomic E-state index is 0.0314. The van der Waals surface area contributed by atoms with Gasteiger partial charge in [0.1, 0.15) is 40.7 Å². The molecule has 4 atom stereocenters. The van der Waals surface area contributed by atoms with Crippen LogP contribution in [0.3, 0.4) is 0 Å². The summed E-state index contributed by atoms with van der Waals surface area (Å²) in [6.45, 7) is 5.15. The topological polar surface area (TPSA) is 153 Å². The molecule has 0 saturated carbocycles. The van der Waals surface area contributed by atoms with Crippen LogP contribution in [0, 0.1) is 6.92 Å². The van der Waals surface area contributed by atoms with Crippen LogP contribution in [0.5, 0.6) is 11.5 Å². The van der Waals surface area contributed by atoms with E-state index in [1.165, 1.54) is 15.7 Å². The largest absolute Gasteiger partial charge is 0.497 e. The van der Waals surface area contributed by atoms with Gasteiger partial charge in [-0.2, -0.15) is 4.98 Å². The number of aliphatic hydroxyl groups is 1. The number of amides is 3. The lowest BCUT2D eigenvalue weighted by atomic mass is 9.79. The van der Waals surface area contributed by atoms with E-state index < -0.39 is 47.2 Å². The first kappa shape index (κ1) is 38.3. The monoisotopic (exact) mass is 759 g/mol. The van der Waals surface area contributed by atoms with Crippen LogP contribution in [-0.4, -0.2) is 82.7 Å². The molecule has 13 heteroatoms. The van der Waals surface area contributed by atoms with Crippen LogP contribution in [0.25, 0.3) is 0 Å². The maximum Gasteiger partial charge on any atom is 0.351 e. The Kier molecular flexibility index (Phi) is 10.7. The van der Waals surface area contributed by atoms with Gasteiger partial charge in [-0.15, -0.1) is 0 Å². The van der Waals surface area contributed by atoms with Gasteiger partial charge in [-0.25, -0.2) is 9.59 Å². The normalized spacial score (nSPS) is 20.2. The smallest absolute Gasteiger partial charge is 0.351 e. The van der Waals surface area contributed by atoms with Crippen molar-refractivity contribution < 1.29 is 33.6 Å². The summed E-state index contributed by atoms with van der Waals surface area (Å²) in [5, 5.41) is 17.9. The zero-order chi connectivity index (χ0) is 39.6. The maximum atomic E-state index is 13.8. The van der Waals surface area contributed by atoms with Crippen molar-refractivity contribution in [2.45, 2.75) is 56.4 Å². The van der Waals surface area contributed by atoms with Crippen molar-refractivity contribution in [3.8, 4) is 11.5 Å². The number of nitrogens with zero attached hydrogens (tertiary/aromatic N) is 3. The average molecular weight is 760 g/mol. The van der Waals surface area contributed by atoms with Crippen LogP contribution in [0.15, 0.2) is 120 Å². The number of hydrogen-bond acceptors (Lipinski definition) is 9. The molecule has 3 amide bonds. The molecule has 56 heavy (non-hydrogen) atoms. The van der Waals surface area contributed by atoms with Gasteiger partial charge in [0.25, 0.3) is 5.91 Å². The molecule has 2 aliphatic heterocycles. The molecule has 4 aromatic carbocycles. The number of benzene rings is 4. The van der Waals surface area contributed by atoms with Gasteiger partial charge in [-0.05, 0) is 73.9 Å². The fourth-order valence-electron chi connectivity index (χ4n) is 7.57. The van der Waals surface area contributed by atoms with E-state index in [1.807, 2.05) is 92.7 Å². The lowest BCUT2D eigenvalue weighted by molar-refractivity contribution is -0.174. The molecule has 2 aliphatic rings. The zero-order valence-corrected chi connectivity index (χ0v) is 31.8. The molecule has 2 saturated heterocycles. The number of aromatic nitrogens is 2. The van der Waals surface area contributed by atoms with E-state index in [0.29, 0.717) is 22.6 Å². The minimum Gasteiger partial charge on any atom is -0.497 e. The number of likely N-dealkylation sites (tertiary alicyclic amines) is 1. The van der Waals surface area contributed by atoms with Crippen molar-refractivity contribution in [2.24, 2.45) is 0 Å². The van der Waals surface area contributed by atoms with Crippen molar-refractivity contribution in [1.82, 2.24) is 19.8 Å². The number of fused-ring (bicyclic) bond motifs is 2. The van der Waals surface area contributed by atoms with E-state index in [-0.39, 0.29) is 25.0 Å². The lowest BCUT2D eigenvalue weighted by Crippen LogP contribution is -2.55. The summed E-state index contributed by atoms with van der Waals surface area (Å²) in [6, 6.07) is 31.8. The number of hydrogen-bond donors (Lipinski definition) is 3. The summed E-state index contributed by atoms with van der Waals surface area (Å²) in [7, 11) is 3.20. The molecular weight excluding hydrogens is 714 g/mol. The van der Waals surface area contributed by atoms with Gasteiger partial charge in [0.05, 0.1) is 27.4 Å². The summed E-state index contributed by atoms with van der Waals surface area (Å²) in [5.41, 5.74) is -0.278. The molecule has 2 bridgehead atoms. The Hall–Kier alpha value is -6.02. The minimum atomic E-state index is -1.49.